The molecule has 0 aliphatic carbocycles. The zero-order valence-electron chi connectivity index (χ0n) is 10.6. The largest absolute Gasteiger partial charge is 0.335 e. The van der Waals surface area contributed by atoms with Gasteiger partial charge in [-0.1, -0.05) is 42.5 Å². The molecule has 0 N–H and O–H groups in total. The van der Waals surface area contributed by atoms with Crippen molar-refractivity contribution in [3.05, 3.63) is 61.2 Å². The lowest BCUT2D eigenvalue weighted by Gasteiger charge is -2.21. The minimum Gasteiger partial charge on any atom is -0.309 e. The first-order chi connectivity index (χ1) is 8.65. The highest BCUT2D eigenvalue weighted by atomic mass is 31.2. The van der Waals surface area contributed by atoms with E-state index in [1.165, 1.54) is 0 Å². The molecule has 3 nitrogen and oxygen atoms in total. The Kier molecular flexibility index (Phi) is 6.06. The quantitative estimate of drug-likeness (QED) is 0.518. The Morgan fingerprint density at radius 1 is 1.33 bits per heavy atom. The fourth-order valence-corrected chi connectivity index (χ4v) is 3.05. The van der Waals surface area contributed by atoms with Crippen LogP contribution in [0.2, 0.25) is 0 Å². The van der Waals surface area contributed by atoms with Gasteiger partial charge in [-0.2, -0.15) is 0 Å². The Hall–Kier alpha value is -1.15. The molecule has 0 bridgehead atoms. The van der Waals surface area contributed by atoms with E-state index >= 15 is 0 Å². The maximum atomic E-state index is 12.4. The molecule has 0 aliphatic heterocycles. The summed E-state index contributed by atoms with van der Waals surface area (Å²) in [6.45, 7) is 9.41. The Morgan fingerprint density at radius 3 is 2.50 bits per heavy atom. The number of benzene rings is 1. The van der Waals surface area contributed by atoms with E-state index in [9.17, 15) is 4.57 Å². The molecule has 1 aromatic carbocycles. The van der Waals surface area contributed by atoms with Crippen molar-refractivity contribution in [2.75, 3.05) is 12.8 Å². The zero-order chi connectivity index (χ0) is 13.4. The molecule has 0 radical (unpaired) electrons. The predicted octanol–water partition coefficient (Wildman–Crippen LogP) is 4.35. The van der Waals surface area contributed by atoms with Gasteiger partial charge in [-0.3, -0.25) is 9.09 Å². The molecule has 0 aromatic heterocycles. The molecule has 4 heteroatoms. The second kappa shape index (κ2) is 7.32. The van der Waals surface area contributed by atoms with Gasteiger partial charge in [0.2, 0.25) is 0 Å². The van der Waals surface area contributed by atoms with Gasteiger partial charge in [-0.05, 0) is 12.5 Å². The van der Waals surface area contributed by atoms with E-state index in [1.807, 2.05) is 30.3 Å². The van der Waals surface area contributed by atoms with Crippen LogP contribution in [0.4, 0.5) is 0 Å². The third-order valence-electron chi connectivity index (χ3n) is 2.29. The first-order valence-corrected chi connectivity index (χ1v) is 7.58. The molecule has 98 valence electrons. The standard InChI is InChI=1S/C14H19O3P/c1-4-12-18(15,16-6-3)17-14(5-2)13-10-8-7-9-11-13/h4-5,7-11,14H,1-2,6,12H2,3H3. The van der Waals surface area contributed by atoms with Crippen molar-refractivity contribution in [2.24, 2.45) is 0 Å². The Morgan fingerprint density at radius 2 is 2.00 bits per heavy atom. The molecule has 0 fully saturated rings. The third-order valence-corrected chi connectivity index (χ3v) is 4.20. The minimum atomic E-state index is -3.15. The minimum absolute atomic E-state index is 0.192. The van der Waals surface area contributed by atoms with Gasteiger partial charge in [0.25, 0.3) is 0 Å². The average Bonchev–Trinajstić information content (AvgIpc) is 2.38. The van der Waals surface area contributed by atoms with Crippen LogP contribution in [0, 0.1) is 0 Å². The van der Waals surface area contributed by atoms with E-state index in [-0.39, 0.29) is 6.16 Å². The van der Waals surface area contributed by atoms with Gasteiger partial charge in [-0.25, -0.2) is 0 Å². The van der Waals surface area contributed by atoms with E-state index in [0.29, 0.717) is 6.61 Å². The smallest absolute Gasteiger partial charge is 0.309 e. The van der Waals surface area contributed by atoms with Crippen LogP contribution in [0.25, 0.3) is 0 Å². The molecule has 2 atom stereocenters. The van der Waals surface area contributed by atoms with Gasteiger partial charge < -0.3 is 4.52 Å². The van der Waals surface area contributed by atoms with E-state index in [0.717, 1.165) is 5.56 Å². The number of hydrogen-bond donors (Lipinski definition) is 0. The highest BCUT2D eigenvalue weighted by Gasteiger charge is 2.26. The molecule has 0 amide bonds. The van der Waals surface area contributed by atoms with Crippen LogP contribution in [-0.4, -0.2) is 12.8 Å². The summed E-state index contributed by atoms with van der Waals surface area (Å²) in [5.74, 6) is 0. The molecule has 0 aliphatic rings. The van der Waals surface area contributed by atoms with Crippen molar-refractivity contribution in [2.45, 2.75) is 13.0 Å². The second-order valence-corrected chi connectivity index (χ2v) is 5.73. The van der Waals surface area contributed by atoms with Crippen molar-refractivity contribution in [1.82, 2.24) is 0 Å². The molecule has 18 heavy (non-hydrogen) atoms. The second-order valence-electron chi connectivity index (χ2n) is 3.67. The van der Waals surface area contributed by atoms with E-state index in [1.54, 1.807) is 19.1 Å². The van der Waals surface area contributed by atoms with Gasteiger partial charge in [-0.15, -0.1) is 13.2 Å². The number of hydrogen-bond acceptors (Lipinski definition) is 3. The molecular weight excluding hydrogens is 247 g/mol. The topological polar surface area (TPSA) is 35.5 Å². The first-order valence-electron chi connectivity index (χ1n) is 5.85. The van der Waals surface area contributed by atoms with Crippen molar-refractivity contribution < 1.29 is 13.6 Å². The molecule has 1 aromatic rings. The fourth-order valence-electron chi connectivity index (χ4n) is 1.54. The predicted molar refractivity (Wildman–Crippen MR) is 74.8 cm³/mol. The summed E-state index contributed by atoms with van der Waals surface area (Å²) >= 11 is 0. The molecule has 0 spiro atoms. The van der Waals surface area contributed by atoms with Gasteiger partial charge in [0.05, 0.1) is 12.8 Å². The SMILES string of the molecule is C=CCP(=O)(OCC)OC(C=C)c1ccccc1. The Balaban J connectivity index is 2.87. The van der Waals surface area contributed by atoms with E-state index in [4.69, 9.17) is 9.05 Å². The highest BCUT2D eigenvalue weighted by molar-refractivity contribution is 7.54. The third kappa shape index (κ3) is 4.26. The van der Waals surface area contributed by atoms with E-state index < -0.39 is 13.7 Å². The maximum Gasteiger partial charge on any atom is 0.335 e. The van der Waals surface area contributed by atoms with Gasteiger partial charge in [0.1, 0.15) is 6.10 Å². The van der Waals surface area contributed by atoms with E-state index in [2.05, 4.69) is 13.2 Å². The summed E-state index contributed by atoms with van der Waals surface area (Å²) in [6, 6.07) is 9.51. The van der Waals surface area contributed by atoms with Gasteiger partial charge in [0.15, 0.2) is 0 Å². The van der Waals surface area contributed by atoms with Crippen molar-refractivity contribution in [3.63, 3.8) is 0 Å². The van der Waals surface area contributed by atoms with Crippen LogP contribution in [-0.2, 0) is 13.6 Å². The summed E-state index contributed by atoms with van der Waals surface area (Å²) in [6.07, 6.45) is 2.91. The molecule has 0 heterocycles. The monoisotopic (exact) mass is 266 g/mol. The van der Waals surface area contributed by atoms with Crippen LogP contribution in [0.15, 0.2) is 55.6 Å². The summed E-state index contributed by atoms with van der Waals surface area (Å²) in [5.41, 5.74) is 0.900. The van der Waals surface area contributed by atoms with Crippen molar-refractivity contribution in [1.29, 1.82) is 0 Å². The highest BCUT2D eigenvalue weighted by Crippen LogP contribution is 2.52. The van der Waals surface area contributed by atoms with Crippen LogP contribution < -0.4 is 0 Å². The molecule has 0 saturated heterocycles. The van der Waals surface area contributed by atoms with Crippen LogP contribution in [0.5, 0.6) is 0 Å². The van der Waals surface area contributed by atoms with Crippen LogP contribution >= 0.6 is 7.60 Å². The summed E-state index contributed by atoms with van der Waals surface area (Å²) in [5, 5.41) is 0. The van der Waals surface area contributed by atoms with Crippen LogP contribution in [0.3, 0.4) is 0 Å². The summed E-state index contributed by atoms with van der Waals surface area (Å²) < 4.78 is 23.2. The van der Waals surface area contributed by atoms with Crippen molar-refractivity contribution >= 4 is 7.60 Å². The molecule has 1 rings (SSSR count). The Labute approximate surface area is 109 Å². The van der Waals surface area contributed by atoms with Crippen molar-refractivity contribution in [3.8, 4) is 0 Å². The lowest BCUT2D eigenvalue weighted by Crippen LogP contribution is -2.04. The Bertz CT molecular complexity index is 428. The first kappa shape index (κ1) is 14.9. The number of rotatable bonds is 8. The summed E-state index contributed by atoms with van der Waals surface area (Å²) in [7, 11) is -3.15. The fraction of sp³-hybridized carbons (Fsp3) is 0.286. The number of allylic oxidation sites excluding steroid dienone is 1. The van der Waals surface area contributed by atoms with Gasteiger partial charge >= 0.3 is 7.60 Å². The lowest BCUT2D eigenvalue weighted by atomic mass is 10.1. The molecule has 2 unspecified atom stereocenters. The summed E-state index contributed by atoms with van der Waals surface area (Å²) in [4.78, 5) is 0. The zero-order valence-corrected chi connectivity index (χ0v) is 11.5. The molecular formula is C14H19O3P. The lowest BCUT2D eigenvalue weighted by molar-refractivity contribution is 0.181. The maximum absolute atomic E-state index is 12.4. The molecule has 0 saturated carbocycles. The normalized spacial score (nSPS) is 15.6. The van der Waals surface area contributed by atoms with Gasteiger partial charge in [0, 0.05) is 0 Å². The van der Waals surface area contributed by atoms with Crippen LogP contribution in [0.1, 0.15) is 18.6 Å². The average molecular weight is 266 g/mol.